The lowest BCUT2D eigenvalue weighted by atomic mass is 10.1. The first-order valence-electron chi connectivity index (χ1n) is 8.31. The van der Waals surface area contributed by atoms with E-state index in [9.17, 15) is 9.59 Å². The highest BCUT2D eigenvalue weighted by Crippen LogP contribution is 2.24. The van der Waals surface area contributed by atoms with Crippen LogP contribution in [0, 0.1) is 6.92 Å². The molecule has 0 saturated carbocycles. The number of aromatic nitrogens is 1. The molecular weight excluding hydrogens is 336 g/mol. The van der Waals surface area contributed by atoms with Gasteiger partial charge in [-0.1, -0.05) is 12.1 Å². The van der Waals surface area contributed by atoms with Gasteiger partial charge in [0, 0.05) is 49.7 Å². The van der Waals surface area contributed by atoms with E-state index in [-0.39, 0.29) is 11.8 Å². The number of carbonyl (C=O) groups excluding carboxylic acids is 2. The highest BCUT2D eigenvalue weighted by atomic mass is 32.1. The summed E-state index contributed by atoms with van der Waals surface area (Å²) in [7, 11) is 0. The number of rotatable bonds is 4. The molecule has 0 bridgehead atoms. The molecule has 1 aliphatic rings. The van der Waals surface area contributed by atoms with Gasteiger partial charge in [0.05, 0.1) is 17.2 Å². The predicted octanol–water partition coefficient (Wildman–Crippen LogP) is 2.22. The topological polar surface area (TPSA) is 65.5 Å². The predicted molar refractivity (Wildman–Crippen MR) is 99.6 cm³/mol. The summed E-state index contributed by atoms with van der Waals surface area (Å²) in [4.78, 5) is 32.0. The molecule has 0 spiro atoms. The average Bonchev–Trinajstić information content (AvgIpc) is 3.02. The van der Waals surface area contributed by atoms with Crippen molar-refractivity contribution in [2.45, 2.75) is 13.8 Å². The molecule has 1 saturated heterocycles. The Balaban J connectivity index is 1.56. The third-order valence-corrected chi connectivity index (χ3v) is 5.02. The molecule has 1 aromatic carbocycles. The number of nitrogens with one attached hydrogen (secondary N) is 1. The van der Waals surface area contributed by atoms with E-state index >= 15 is 0 Å². The number of hydrogen-bond donors (Lipinski definition) is 1. The average molecular weight is 358 g/mol. The Morgan fingerprint density at radius 2 is 2.00 bits per heavy atom. The van der Waals surface area contributed by atoms with Gasteiger partial charge in [0.2, 0.25) is 11.8 Å². The zero-order valence-corrected chi connectivity index (χ0v) is 15.3. The van der Waals surface area contributed by atoms with Crippen molar-refractivity contribution in [1.29, 1.82) is 0 Å². The number of carbonyl (C=O) groups is 2. The fourth-order valence-corrected chi connectivity index (χ4v) is 3.50. The monoisotopic (exact) mass is 358 g/mol. The van der Waals surface area contributed by atoms with Crippen molar-refractivity contribution in [2.24, 2.45) is 0 Å². The molecule has 0 atom stereocenters. The Labute approximate surface area is 151 Å². The maximum Gasteiger partial charge on any atom is 0.238 e. The number of benzene rings is 1. The van der Waals surface area contributed by atoms with Crippen molar-refractivity contribution in [3.05, 3.63) is 34.7 Å². The second-order valence-corrected chi connectivity index (χ2v) is 7.23. The highest BCUT2D eigenvalue weighted by molar-refractivity contribution is 7.09. The van der Waals surface area contributed by atoms with Crippen LogP contribution in [0.1, 0.15) is 11.9 Å². The number of anilines is 1. The van der Waals surface area contributed by atoms with Gasteiger partial charge in [-0.05, 0) is 19.1 Å². The second-order valence-electron chi connectivity index (χ2n) is 6.16. The molecule has 2 heterocycles. The number of hydrogen-bond acceptors (Lipinski definition) is 5. The van der Waals surface area contributed by atoms with Gasteiger partial charge in [0.1, 0.15) is 0 Å². The first kappa shape index (κ1) is 17.6. The van der Waals surface area contributed by atoms with Crippen LogP contribution in [0.15, 0.2) is 29.6 Å². The van der Waals surface area contributed by atoms with Crippen LogP contribution in [0.5, 0.6) is 0 Å². The van der Waals surface area contributed by atoms with Crippen molar-refractivity contribution in [3.8, 4) is 11.3 Å². The Morgan fingerprint density at radius 1 is 1.24 bits per heavy atom. The third kappa shape index (κ3) is 4.64. The van der Waals surface area contributed by atoms with E-state index in [0.29, 0.717) is 19.6 Å². The maximum absolute atomic E-state index is 12.3. The van der Waals surface area contributed by atoms with E-state index in [1.807, 2.05) is 41.5 Å². The Kier molecular flexibility index (Phi) is 5.45. The summed E-state index contributed by atoms with van der Waals surface area (Å²) in [6.07, 6.45) is 0. The van der Waals surface area contributed by atoms with Crippen LogP contribution >= 0.6 is 11.3 Å². The SMILES string of the molecule is CC(=O)N1CCN(CC(=O)Nc2cccc(-c3csc(C)n3)c2)CC1. The molecule has 0 aliphatic carbocycles. The largest absolute Gasteiger partial charge is 0.340 e. The molecule has 6 nitrogen and oxygen atoms in total. The summed E-state index contributed by atoms with van der Waals surface area (Å²) in [6, 6.07) is 7.74. The second kappa shape index (κ2) is 7.76. The summed E-state index contributed by atoms with van der Waals surface area (Å²) >= 11 is 1.61. The van der Waals surface area contributed by atoms with Crippen molar-refractivity contribution in [1.82, 2.24) is 14.8 Å². The summed E-state index contributed by atoms with van der Waals surface area (Å²) in [5.74, 6) is 0.0566. The molecule has 3 rings (SSSR count). The van der Waals surface area contributed by atoms with Gasteiger partial charge in [-0.25, -0.2) is 4.98 Å². The highest BCUT2D eigenvalue weighted by Gasteiger charge is 2.20. The Morgan fingerprint density at radius 3 is 2.64 bits per heavy atom. The Hall–Kier alpha value is -2.25. The fourth-order valence-electron chi connectivity index (χ4n) is 2.88. The van der Waals surface area contributed by atoms with Gasteiger partial charge in [-0.2, -0.15) is 0 Å². The van der Waals surface area contributed by atoms with Crippen LogP contribution in [-0.2, 0) is 9.59 Å². The van der Waals surface area contributed by atoms with Crippen molar-refractivity contribution >= 4 is 28.8 Å². The fraction of sp³-hybridized carbons (Fsp3) is 0.389. The van der Waals surface area contributed by atoms with Gasteiger partial charge >= 0.3 is 0 Å². The lowest BCUT2D eigenvalue weighted by molar-refractivity contribution is -0.130. The molecule has 132 valence electrons. The molecule has 0 unspecified atom stereocenters. The minimum Gasteiger partial charge on any atom is -0.340 e. The minimum atomic E-state index is -0.0390. The smallest absolute Gasteiger partial charge is 0.238 e. The van der Waals surface area contributed by atoms with E-state index in [4.69, 9.17) is 0 Å². The van der Waals surface area contributed by atoms with Crippen LogP contribution in [-0.4, -0.2) is 59.3 Å². The van der Waals surface area contributed by atoms with E-state index in [0.717, 1.165) is 35.0 Å². The standard InChI is InChI=1S/C18H22N4O2S/c1-13-19-17(12-25-13)15-4-3-5-16(10-15)20-18(24)11-21-6-8-22(9-7-21)14(2)23/h3-5,10,12H,6-9,11H2,1-2H3,(H,20,24). The normalized spacial score (nSPS) is 15.2. The zero-order valence-electron chi connectivity index (χ0n) is 14.5. The van der Waals surface area contributed by atoms with Gasteiger partial charge < -0.3 is 10.2 Å². The van der Waals surface area contributed by atoms with Crippen LogP contribution in [0.25, 0.3) is 11.3 Å². The lowest BCUT2D eigenvalue weighted by Crippen LogP contribution is -2.49. The maximum atomic E-state index is 12.3. The lowest BCUT2D eigenvalue weighted by Gasteiger charge is -2.33. The van der Waals surface area contributed by atoms with Crippen LogP contribution in [0.2, 0.25) is 0 Å². The van der Waals surface area contributed by atoms with E-state index in [1.165, 1.54) is 0 Å². The molecule has 1 aliphatic heterocycles. The number of thiazole rings is 1. The molecule has 2 amide bonds. The van der Waals surface area contributed by atoms with Crippen molar-refractivity contribution < 1.29 is 9.59 Å². The number of nitrogens with zero attached hydrogens (tertiary/aromatic N) is 3. The molecule has 1 fully saturated rings. The summed E-state index contributed by atoms with van der Waals surface area (Å²) in [6.45, 7) is 6.72. The molecular formula is C18H22N4O2S. The van der Waals surface area contributed by atoms with Crippen LogP contribution < -0.4 is 5.32 Å². The quantitative estimate of drug-likeness (QED) is 0.910. The summed E-state index contributed by atoms with van der Waals surface area (Å²) < 4.78 is 0. The summed E-state index contributed by atoms with van der Waals surface area (Å²) in [5, 5.41) is 6.00. The molecule has 1 aromatic heterocycles. The van der Waals surface area contributed by atoms with E-state index < -0.39 is 0 Å². The third-order valence-electron chi connectivity index (χ3n) is 4.25. The van der Waals surface area contributed by atoms with Crippen molar-refractivity contribution in [3.63, 3.8) is 0 Å². The summed E-state index contributed by atoms with van der Waals surface area (Å²) in [5.41, 5.74) is 2.70. The van der Waals surface area contributed by atoms with Gasteiger partial charge in [0.25, 0.3) is 0 Å². The Bertz CT molecular complexity index is 766. The molecule has 1 N–H and O–H groups in total. The van der Waals surface area contributed by atoms with Crippen LogP contribution in [0.4, 0.5) is 5.69 Å². The first-order valence-corrected chi connectivity index (χ1v) is 9.19. The van der Waals surface area contributed by atoms with Crippen molar-refractivity contribution in [2.75, 3.05) is 38.0 Å². The molecule has 0 radical (unpaired) electrons. The van der Waals surface area contributed by atoms with Crippen LogP contribution in [0.3, 0.4) is 0 Å². The van der Waals surface area contributed by atoms with E-state index in [1.54, 1.807) is 18.3 Å². The van der Waals surface area contributed by atoms with E-state index in [2.05, 4.69) is 15.2 Å². The van der Waals surface area contributed by atoms with Gasteiger partial charge in [-0.15, -0.1) is 11.3 Å². The first-order chi connectivity index (χ1) is 12.0. The number of piperazine rings is 1. The zero-order chi connectivity index (χ0) is 17.8. The van der Waals surface area contributed by atoms with Gasteiger partial charge in [0.15, 0.2) is 0 Å². The van der Waals surface area contributed by atoms with Gasteiger partial charge in [-0.3, -0.25) is 14.5 Å². The number of aryl methyl sites for hydroxylation is 1. The minimum absolute atomic E-state index is 0.0390. The molecule has 7 heteroatoms. The molecule has 25 heavy (non-hydrogen) atoms. The number of amides is 2. The molecule has 2 aromatic rings.